The van der Waals surface area contributed by atoms with E-state index in [9.17, 15) is 4.79 Å². The third-order valence-corrected chi connectivity index (χ3v) is 9.32. The van der Waals surface area contributed by atoms with Crippen LogP contribution in [-0.4, -0.2) is 18.6 Å². The Hall–Kier alpha value is -4.51. The number of rotatable bonds is 7. The van der Waals surface area contributed by atoms with Gasteiger partial charge in [0, 0.05) is 16.9 Å². The lowest BCUT2D eigenvalue weighted by Crippen LogP contribution is -2.31. The fraction of sp³-hybridized carbons (Fsp3) is 0.341. The van der Waals surface area contributed by atoms with Crippen molar-refractivity contribution in [3.63, 3.8) is 0 Å². The molecule has 0 fully saturated rings. The van der Waals surface area contributed by atoms with Gasteiger partial charge in [-0.3, -0.25) is 4.79 Å². The first kappa shape index (κ1) is 34.4. The summed E-state index contributed by atoms with van der Waals surface area (Å²) in [4.78, 5) is 10.7. The minimum absolute atomic E-state index is 0.213. The third-order valence-electron chi connectivity index (χ3n) is 9.32. The Bertz CT molecular complexity index is 1760. The van der Waals surface area contributed by atoms with Gasteiger partial charge in [0.25, 0.3) is 0 Å². The predicted molar refractivity (Wildman–Crippen MR) is 193 cm³/mol. The van der Waals surface area contributed by atoms with Crippen molar-refractivity contribution in [2.45, 2.75) is 87.7 Å². The Labute approximate surface area is 275 Å². The van der Waals surface area contributed by atoms with Gasteiger partial charge >= 0.3 is 0 Å². The molecule has 0 saturated carbocycles. The predicted octanol–water partition coefficient (Wildman–Crippen LogP) is 9.78. The van der Waals surface area contributed by atoms with Gasteiger partial charge in [-0.1, -0.05) is 65.7 Å². The summed E-state index contributed by atoms with van der Waals surface area (Å²) in [5.41, 5.74) is 21.8. The third kappa shape index (κ3) is 7.14. The van der Waals surface area contributed by atoms with E-state index in [2.05, 4.69) is 115 Å². The number of carbonyl (C=O) groups is 1. The number of anilines is 2. The lowest BCUT2D eigenvalue weighted by atomic mass is 9.78. The molecule has 1 aliphatic rings. The highest BCUT2D eigenvalue weighted by molar-refractivity contribution is 5.77. The number of aryl methyl sites for hydroxylation is 3. The number of hydrogen-bond donors (Lipinski definition) is 2. The largest absolute Gasteiger partial charge is 0.489 e. The molecule has 1 aliphatic heterocycles. The van der Waals surface area contributed by atoms with E-state index in [0.29, 0.717) is 13.0 Å². The van der Waals surface area contributed by atoms with Gasteiger partial charge in [0.1, 0.15) is 23.7 Å². The molecule has 1 amide bonds. The summed E-state index contributed by atoms with van der Waals surface area (Å²) in [5, 5.41) is 2.77. The van der Waals surface area contributed by atoms with Gasteiger partial charge in [-0.05, 0) is 132 Å². The SMILES string of the molecule is CC(=Cc1ccc(C)cc1)COc1cc(C)c(NC=O)c(C)c1C.Cc1ccc(C2c3c(C)c(N)c(C)c(C)c3OC2(C)C)cc1. The van der Waals surface area contributed by atoms with Gasteiger partial charge < -0.3 is 20.5 Å². The van der Waals surface area contributed by atoms with Crippen molar-refractivity contribution in [1.82, 2.24) is 0 Å². The molecule has 1 heterocycles. The summed E-state index contributed by atoms with van der Waals surface area (Å²) in [6, 6.07) is 19.2. The monoisotopic (exact) mass is 618 g/mol. The number of benzene rings is 4. The molecule has 46 heavy (non-hydrogen) atoms. The Kier molecular flexibility index (Phi) is 10.4. The van der Waals surface area contributed by atoms with Crippen LogP contribution >= 0.6 is 0 Å². The molecule has 4 aromatic carbocycles. The Morgan fingerprint density at radius 1 is 0.848 bits per heavy atom. The van der Waals surface area contributed by atoms with Crippen molar-refractivity contribution in [1.29, 1.82) is 0 Å². The summed E-state index contributed by atoms with van der Waals surface area (Å²) in [7, 11) is 0. The van der Waals surface area contributed by atoms with Crippen LogP contribution in [0.2, 0.25) is 0 Å². The highest BCUT2D eigenvalue weighted by Crippen LogP contribution is 2.53. The molecule has 0 radical (unpaired) electrons. The van der Waals surface area contributed by atoms with E-state index < -0.39 is 0 Å². The molecule has 5 heteroatoms. The van der Waals surface area contributed by atoms with Gasteiger partial charge in [-0.15, -0.1) is 0 Å². The van der Waals surface area contributed by atoms with Crippen molar-refractivity contribution >= 4 is 23.9 Å². The molecule has 0 aliphatic carbocycles. The minimum atomic E-state index is -0.270. The van der Waals surface area contributed by atoms with E-state index in [0.717, 1.165) is 56.3 Å². The second-order valence-corrected chi connectivity index (χ2v) is 13.3. The number of ether oxygens (including phenoxy) is 2. The maximum Gasteiger partial charge on any atom is 0.211 e. The van der Waals surface area contributed by atoms with Crippen LogP contribution < -0.4 is 20.5 Å². The normalized spacial score (nSPS) is 14.9. The number of nitrogen functional groups attached to an aromatic ring is 1. The van der Waals surface area contributed by atoms with Crippen LogP contribution in [-0.2, 0) is 4.79 Å². The summed E-state index contributed by atoms with van der Waals surface area (Å²) >= 11 is 0. The van der Waals surface area contributed by atoms with Gasteiger partial charge in [0.05, 0.1) is 5.92 Å². The quantitative estimate of drug-likeness (QED) is 0.160. The van der Waals surface area contributed by atoms with Crippen molar-refractivity contribution in [2.24, 2.45) is 0 Å². The molecule has 0 spiro atoms. The number of nitrogens with one attached hydrogen (secondary N) is 1. The zero-order valence-electron chi connectivity index (χ0n) is 29.4. The highest BCUT2D eigenvalue weighted by atomic mass is 16.5. The second kappa shape index (κ2) is 13.9. The summed E-state index contributed by atoms with van der Waals surface area (Å²) in [6.45, 7) is 23.4. The molecule has 0 saturated heterocycles. The molecule has 1 unspecified atom stereocenters. The molecule has 1 atom stereocenters. The van der Waals surface area contributed by atoms with Crippen LogP contribution in [0.15, 0.2) is 60.2 Å². The van der Waals surface area contributed by atoms with Crippen LogP contribution in [0.5, 0.6) is 11.5 Å². The van der Waals surface area contributed by atoms with Crippen molar-refractivity contribution < 1.29 is 14.3 Å². The number of fused-ring (bicyclic) bond motifs is 1. The average molecular weight is 619 g/mol. The fourth-order valence-electron chi connectivity index (χ4n) is 6.30. The van der Waals surface area contributed by atoms with Crippen LogP contribution in [0.4, 0.5) is 11.4 Å². The summed E-state index contributed by atoms with van der Waals surface area (Å²) in [5.74, 6) is 2.10. The number of carbonyl (C=O) groups excluding carboxylic acids is 1. The molecule has 3 N–H and O–H groups in total. The van der Waals surface area contributed by atoms with Crippen LogP contribution in [0, 0.1) is 55.4 Å². The summed E-state index contributed by atoms with van der Waals surface area (Å²) < 4.78 is 12.4. The first-order valence-corrected chi connectivity index (χ1v) is 16.0. The molecule has 0 bridgehead atoms. The summed E-state index contributed by atoms with van der Waals surface area (Å²) in [6.07, 6.45) is 2.85. The van der Waals surface area contributed by atoms with Gasteiger partial charge in [-0.25, -0.2) is 0 Å². The number of hydrogen-bond acceptors (Lipinski definition) is 4. The number of nitrogens with two attached hydrogens (primary N) is 1. The molecule has 4 aromatic rings. The Morgan fingerprint density at radius 3 is 2.02 bits per heavy atom. The maximum atomic E-state index is 10.7. The first-order chi connectivity index (χ1) is 21.7. The minimum Gasteiger partial charge on any atom is -0.489 e. The van der Waals surface area contributed by atoms with Crippen molar-refractivity contribution in [3.8, 4) is 11.5 Å². The lowest BCUT2D eigenvalue weighted by molar-refractivity contribution is -0.105. The van der Waals surface area contributed by atoms with Gasteiger partial charge in [0.15, 0.2) is 0 Å². The van der Waals surface area contributed by atoms with E-state index >= 15 is 0 Å². The average Bonchev–Trinajstić information content (AvgIpc) is 3.31. The number of amides is 1. The van der Waals surface area contributed by atoms with Crippen LogP contribution in [0.25, 0.3) is 6.08 Å². The second-order valence-electron chi connectivity index (χ2n) is 13.3. The van der Waals surface area contributed by atoms with Crippen LogP contribution in [0.1, 0.15) is 87.9 Å². The molecular weight excluding hydrogens is 568 g/mol. The van der Waals surface area contributed by atoms with Crippen molar-refractivity contribution in [2.75, 3.05) is 17.7 Å². The molecular formula is C41H50N2O3. The zero-order valence-corrected chi connectivity index (χ0v) is 29.4. The maximum absolute atomic E-state index is 10.7. The van der Waals surface area contributed by atoms with E-state index in [1.807, 2.05) is 26.8 Å². The standard InChI is InChI=1S/C21H25NO2.C20H25NO/c1-14-6-8-19(9-7-14)10-15(2)12-24-20-11-16(3)21(22-13-23)18(5)17(20)4;1-11-7-9-15(10-8-11)17-16-14(4)18(21)12(2)13(3)19(16)22-20(17,5)6/h6-11,13H,12H2,1-5H3,(H,22,23);7-10,17H,21H2,1-6H3. The molecule has 0 aromatic heterocycles. The Balaban J connectivity index is 0.000000209. The molecule has 5 rings (SSSR count). The van der Waals surface area contributed by atoms with Gasteiger partial charge in [0.2, 0.25) is 6.41 Å². The van der Waals surface area contributed by atoms with Crippen molar-refractivity contribution in [3.05, 3.63) is 121 Å². The Morgan fingerprint density at radius 2 is 1.43 bits per heavy atom. The van der Waals surface area contributed by atoms with E-state index in [1.54, 1.807) is 0 Å². The van der Waals surface area contributed by atoms with E-state index in [4.69, 9.17) is 15.2 Å². The topological polar surface area (TPSA) is 73.6 Å². The van der Waals surface area contributed by atoms with E-state index in [1.165, 1.54) is 33.4 Å². The molecule has 5 nitrogen and oxygen atoms in total. The molecule has 242 valence electrons. The smallest absolute Gasteiger partial charge is 0.211 e. The van der Waals surface area contributed by atoms with E-state index in [-0.39, 0.29) is 11.5 Å². The van der Waals surface area contributed by atoms with Crippen LogP contribution in [0.3, 0.4) is 0 Å². The highest BCUT2D eigenvalue weighted by Gasteiger charge is 2.44. The zero-order chi connectivity index (χ0) is 33.9. The first-order valence-electron chi connectivity index (χ1n) is 16.0. The lowest BCUT2D eigenvalue weighted by Gasteiger charge is -2.27. The fourth-order valence-corrected chi connectivity index (χ4v) is 6.30. The van der Waals surface area contributed by atoms with Gasteiger partial charge in [-0.2, -0.15) is 0 Å².